The fraction of sp³-hybridized carbons (Fsp3) is 0. The minimum absolute atomic E-state index is 0.0605. The fourth-order valence-corrected chi connectivity index (χ4v) is 2.68. The molecule has 92 valence electrons. The van der Waals surface area contributed by atoms with Crippen molar-refractivity contribution in [3.8, 4) is 0 Å². The highest BCUT2D eigenvalue weighted by Crippen LogP contribution is 2.34. The molecule has 0 spiro atoms. The molecular weight excluding hydrogens is 289 g/mol. The van der Waals surface area contributed by atoms with Crippen LogP contribution in [0.15, 0.2) is 46.3 Å². The average Bonchev–Trinajstić information content (AvgIpc) is 2.34. The molecule has 3 nitrogen and oxygen atoms in total. The van der Waals surface area contributed by atoms with E-state index in [9.17, 15) is 0 Å². The summed E-state index contributed by atoms with van der Waals surface area (Å²) < 4.78 is 0. The number of amidine groups is 1. The van der Waals surface area contributed by atoms with E-state index in [0.29, 0.717) is 15.7 Å². The molecule has 2 aromatic rings. The van der Waals surface area contributed by atoms with Gasteiger partial charge in [0.15, 0.2) is 0 Å². The van der Waals surface area contributed by atoms with Gasteiger partial charge in [0.25, 0.3) is 0 Å². The minimum atomic E-state index is -0.0605. The molecule has 6 heteroatoms. The van der Waals surface area contributed by atoms with Crippen molar-refractivity contribution in [1.82, 2.24) is 4.98 Å². The summed E-state index contributed by atoms with van der Waals surface area (Å²) in [6.07, 6.45) is 1.61. The zero-order chi connectivity index (χ0) is 13.1. The third-order valence-electron chi connectivity index (χ3n) is 2.13. The Hall–Kier alpha value is -1.23. The van der Waals surface area contributed by atoms with E-state index in [0.717, 1.165) is 9.79 Å². The predicted molar refractivity (Wildman–Crippen MR) is 75.8 cm³/mol. The van der Waals surface area contributed by atoms with E-state index < -0.39 is 0 Å². The largest absolute Gasteiger partial charge is 0.382 e. The molecule has 0 saturated heterocycles. The highest BCUT2D eigenvalue weighted by Gasteiger charge is 2.06. The van der Waals surface area contributed by atoms with Crippen LogP contribution < -0.4 is 5.73 Å². The number of hydrogen-bond donors (Lipinski definition) is 2. The summed E-state index contributed by atoms with van der Waals surface area (Å²) in [5.74, 6) is -0.0605. The van der Waals surface area contributed by atoms with Crippen LogP contribution in [0.5, 0.6) is 0 Å². The van der Waals surface area contributed by atoms with Crippen molar-refractivity contribution in [3.63, 3.8) is 0 Å². The average molecular weight is 298 g/mol. The third-order valence-corrected chi connectivity index (χ3v) is 3.85. The molecule has 0 aliphatic rings. The maximum atomic E-state index is 7.35. The van der Waals surface area contributed by atoms with E-state index in [4.69, 9.17) is 34.3 Å². The van der Waals surface area contributed by atoms with Crippen molar-refractivity contribution in [3.05, 3.63) is 52.3 Å². The molecule has 0 unspecified atom stereocenters. The van der Waals surface area contributed by atoms with Gasteiger partial charge < -0.3 is 5.73 Å². The molecule has 0 amide bonds. The van der Waals surface area contributed by atoms with Crippen molar-refractivity contribution < 1.29 is 0 Å². The van der Waals surface area contributed by atoms with Crippen molar-refractivity contribution >= 4 is 40.8 Å². The number of benzene rings is 1. The van der Waals surface area contributed by atoms with Crippen LogP contribution in [0.3, 0.4) is 0 Å². The van der Waals surface area contributed by atoms with Crippen LogP contribution in [0.4, 0.5) is 0 Å². The van der Waals surface area contributed by atoms with Crippen LogP contribution >= 0.6 is 35.0 Å². The first-order valence-electron chi connectivity index (χ1n) is 4.99. The Morgan fingerprint density at radius 3 is 2.72 bits per heavy atom. The summed E-state index contributed by atoms with van der Waals surface area (Å²) in [4.78, 5) is 5.75. The molecule has 0 bridgehead atoms. The van der Waals surface area contributed by atoms with Gasteiger partial charge in [-0.25, -0.2) is 0 Å². The lowest BCUT2D eigenvalue weighted by atomic mass is 10.3. The molecular formula is C12H9Cl2N3S. The molecule has 0 atom stereocenters. The summed E-state index contributed by atoms with van der Waals surface area (Å²) in [5.41, 5.74) is 5.84. The zero-order valence-corrected chi connectivity index (χ0v) is 11.5. The first kappa shape index (κ1) is 13.2. The van der Waals surface area contributed by atoms with Crippen LogP contribution in [0.25, 0.3) is 0 Å². The number of nitrogens with zero attached hydrogens (tertiary/aromatic N) is 1. The molecule has 1 aromatic carbocycles. The number of aromatic nitrogens is 1. The number of nitrogens with one attached hydrogen (secondary N) is 1. The van der Waals surface area contributed by atoms with Gasteiger partial charge in [-0.05, 0) is 30.3 Å². The Morgan fingerprint density at radius 2 is 2.00 bits per heavy atom. The normalized spacial score (nSPS) is 10.3. The van der Waals surface area contributed by atoms with Gasteiger partial charge in [-0.15, -0.1) is 0 Å². The molecule has 1 heterocycles. The predicted octanol–water partition coefficient (Wildman–Crippen LogP) is 3.82. The van der Waals surface area contributed by atoms with E-state index in [1.54, 1.807) is 30.5 Å². The second kappa shape index (κ2) is 5.61. The lowest BCUT2D eigenvalue weighted by Crippen LogP contribution is -2.12. The van der Waals surface area contributed by atoms with Crippen LogP contribution in [-0.2, 0) is 0 Å². The topological polar surface area (TPSA) is 62.8 Å². The minimum Gasteiger partial charge on any atom is -0.382 e. The number of hydrogen-bond acceptors (Lipinski definition) is 3. The van der Waals surface area contributed by atoms with Gasteiger partial charge in [-0.2, -0.15) is 0 Å². The summed E-state index contributed by atoms with van der Waals surface area (Å²) in [6.45, 7) is 0. The highest BCUT2D eigenvalue weighted by molar-refractivity contribution is 7.99. The Balaban J connectivity index is 2.31. The molecule has 0 radical (unpaired) electrons. The zero-order valence-electron chi connectivity index (χ0n) is 9.15. The quantitative estimate of drug-likeness (QED) is 0.668. The molecule has 3 N–H and O–H groups in total. The van der Waals surface area contributed by atoms with Gasteiger partial charge in [-0.3, -0.25) is 10.4 Å². The van der Waals surface area contributed by atoms with E-state index in [1.807, 2.05) is 6.07 Å². The fourth-order valence-electron chi connectivity index (χ4n) is 1.30. The van der Waals surface area contributed by atoms with Crippen molar-refractivity contribution in [2.75, 3.05) is 0 Å². The van der Waals surface area contributed by atoms with E-state index in [2.05, 4.69) is 4.98 Å². The number of pyridine rings is 1. The van der Waals surface area contributed by atoms with Crippen molar-refractivity contribution in [1.29, 1.82) is 5.41 Å². The Bertz CT molecular complexity index is 602. The van der Waals surface area contributed by atoms with Crippen LogP contribution in [0, 0.1) is 5.41 Å². The van der Waals surface area contributed by atoms with E-state index in [-0.39, 0.29) is 5.84 Å². The molecule has 0 aliphatic carbocycles. The van der Waals surface area contributed by atoms with Gasteiger partial charge in [-0.1, -0.05) is 35.0 Å². The van der Waals surface area contributed by atoms with Crippen molar-refractivity contribution in [2.45, 2.75) is 9.79 Å². The summed E-state index contributed by atoms with van der Waals surface area (Å²) in [5, 5.41) is 8.60. The Morgan fingerprint density at radius 1 is 1.22 bits per heavy atom. The van der Waals surface area contributed by atoms with Crippen LogP contribution in [0.2, 0.25) is 10.0 Å². The number of halogens is 2. The maximum Gasteiger partial charge on any atom is 0.141 e. The maximum absolute atomic E-state index is 7.35. The Kier molecular flexibility index (Phi) is 4.11. The first-order valence-corrected chi connectivity index (χ1v) is 6.57. The molecule has 0 aliphatic heterocycles. The first-order chi connectivity index (χ1) is 8.56. The molecule has 2 rings (SSSR count). The highest BCUT2D eigenvalue weighted by atomic mass is 35.5. The molecule has 0 fully saturated rings. The number of nitrogens with two attached hydrogens (primary N) is 1. The standard InChI is InChI=1S/C12H9Cl2N3S/c13-7-1-2-9(14)11(5-7)18-8-3-4-17-10(6-8)12(15)16/h1-6H,(H3,15,16). The van der Waals surface area contributed by atoms with Gasteiger partial charge in [0.2, 0.25) is 0 Å². The second-order valence-corrected chi connectivity index (χ2v) is 5.43. The molecule has 18 heavy (non-hydrogen) atoms. The van der Waals surface area contributed by atoms with E-state index >= 15 is 0 Å². The lowest BCUT2D eigenvalue weighted by molar-refractivity contribution is 1.21. The summed E-state index contributed by atoms with van der Waals surface area (Å²) in [6, 6.07) is 8.85. The second-order valence-electron chi connectivity index (χ2n) is 3.47. The monoisotopic (exact) mass is 297 g/mol. The van der Waals surface area contributed by atoms with Gasteiger partial charge >= 0.3 is 0 Å². The SMILES string of the molecule is N=C(N)c1cc(Sc2cc(Cl)ccc2Cl)ccn1. The summed E-state index contributed by atoms with van der Waals surface area (Å²) >= 11 is 13.5. The Labute approximate surface area is 119 Å². The van der Waals surface area contributed by atoms with Gasteiger partial charge in [0.05, 0.1) is 5.02 Å². The van der Waals surface area contributed by atoms with Gasteiger partial charge in [0.1, 0.15) is 11.5 Å². The third kappa shape index (κ3) is 3.16. The van der Waals surface area contributed by atoms with Crippen molar-refractivity contribution in [2.24, 2.45) is 5.73 Å². The summed E-state index contributed by atoms with van der Waals surface area (Å²) in [7, 11) is 0. The van der Waals surface area contributed by atoms with Crippen LogP contribution in [0.1, 0.15) is 5.69 Å². The molecule has 0 saturated carbocycles. The lowest BCUT2D eigenvalue weighted by Gasteiger charge is -2.05. The number of nitrogen functional groups attached to an aromatic ring is 1. The van der Waals surface area contributed by atoms with Gasteiger partial charge in [0, 0.05) is 21.0 Å². The number of rotatable bonds is 3. The molecule has 1 aromatic heterocycles. The van der Waals surface area contributed by atoms with Crippen LogP contribution in [-0.4, -0.2) is 10.8 Å². The van der Waals surface area contributed by atoms with E-state index in [1.165, 1.54) is 11.8 Å². The smallest absolute Gasteiger partial charge is 0.141 e.